The minimum Gasteiger partial charge on any atom is -0.393 e. The SMILES string of the molecule is CC(CC(O)C(C)C(C)(C)C)C(C)(C)C. The van der Waals surface area contributed by atoms with Crippen LogP contribution in [0.3, 0.4) is 0 Å². The fraction of sp³-hybridized carbons (Fsp3) is 1.00. The summed E-state index contributed by atoms with van der Waals surface area (Å²) in [6.45, 7) is 17.7. The fourth-order valence-electron chi connectivity index (χ4n) is 1.50. The van der Waals surface area contributed by atoms with Gasteiger partial charge in [0.05, 0.1) is 6.10 Å². The maximum absolute atomic E-state index is 10.2. The van der Waals surface area contributed by atoms with E-state index < -0.39 is 0 Å². The highest BCUT2D eigenvalue weighted by Gasteiger charge is 2.30. The van der Waals surface area contributed by atoms with Crippen LogP contribution in [0.15, 0.2) is 0 Å². The van der Waals surface area contributed by atoms with Gasteiger partial charge in [-0.25, -0.2) is 0 Å². The van der Waals surface area contributed by atoms with Crippen LogP contribution in [0.5, 0.6) is 0 Å². The summed E-state index contributed by atoms with van der Waals surface area (Å²) in [5.74, 6) is 0.902. The molecule has 0 aromatic carbocycles. The average molecular weight is 214 g/mol. The van der Waals surface area contributed by atoms with Crippen molar-refractivity contribution < 1.29 is 5.11 Å². The van der Waals surface area contributed by atoms with E-state index >= 15 is 0 Å². The zero-order valence-corrected chi connectivity index (χ0v) is 11.9. The molecule has 0 radical (unpaired) electrons. The molecule has 92 valence electrons. The molecule has 0 fully saturated rings. The normalized spacial score (nSPS) is 19.8. The molecular weight excluding hydrogens is 184 g/mol. The number of aliphatic hydroxyl groups excluding tert-OH is 1. The van der Waals surface area contributed by atoms with E-state index in [4.69, 9.17) is 0 Å². The second kappa shape index (κ2) is 4.86. The van der Waals surface area contributed by atoms with E-state index in [2.05, 4.69) is 55.4 Å². The molecule has 0 amide bonds. The van der Waals surface area contributed by atoms with Crippen LogP contribution < -0.4 is 0 Å². The summed E-state index contributed by atoms with van der Waals surface area (Å²) in [5.41, 5.74) is 0.482. The monoisotopic (exact) mass is 214 g/mol. The second-order valence-electron chi connectivity index (χ2n) is 7.22. The van der Waals surface area contributed by atoms with Crippen molar-refractivity contribution in [3.8, 4) is 0 Å². The first-order valence-electron chi connectivity index (χ1n) is 6.14. The molecule has 1 nitrogen and oxygen atoms in total. The lowest BCUT2D eigenvalue weighted by molar-refractivity contribution is 0.0229. The van der Waals surface area contributed by atoms with Gasteiger partial charge in [-0.15, -0.1) is 0 Å². The Morgan fingerprint density at radius 3 is 1.53 bits per heavy atom. The van der Waals surface area contributed by atoms with Gasteiger partial charge < -0.3 is 5.11 Å². The molecule has 0 bridgehead atoms. The van der Waals surface area contributed by atoms with E-state index in [1.807, 2.05) is 0 Å². The maximum atomic E-state index is 10.2. The topological polar surface area (TPSA) is 20.2 Å². The van der Waals surface area contributed by atoms with Crippen LogP contribution in [-0.4, -0.2) is 11.2 Å². The summed E-state index contributed by atoms with van der Waals surface area (Å²) in [4.78, 5) is 0. The molecule has 0 aromatic rings. The average Bonchev–Trinajstić information content (AvgIpc) is 1.99. The Kier molecular flexibility index (Phi) is 4.85. The molecule has 0 aliphatic carbocycles. The third-order valence-corrected chi connectivity index (χ3v) is 4.02. The molecule has 3 atom stereocenters. The Bertz CT molecular complexity index is 182. The van der Waals surface area contributed by atoms with Crippen molar-refractivity contribution in [3.63, 3.8) is 0 Å². The van der Waals surface area contributed by atoms with Gasteiger partial charge in [0.1, 0.15) is 0 Å². The van der Waals surface area contributed by atoms with E-state index in [0.29, 0.717) is 17.3 Å². The van der Waals surface area contributed by atoms with Crippen LogP contribution >= 0.6 is 0 Å². The van der Waals surface area contributed by atoms with Crippen molar-refractivity contribution in [3.05, 3.63) is 0 Å². The fourth-order valence-corrected chi connectivity index (χ4v) is 1.50. The quantitative estimate of drug-likeness (QED) is 0.750. The van der Waals surface area contributed by atoms with Crippen molar-refractivity contribution in [2.75, 3.05) is 0 Å². The molecule has 0 heterocycles. The molecule has 0 spiro atoms. The molecule has 3 unspecified atom stereocenters. The molecule has 0 aliphatic heterocycles. The standard InChI is InChI=1S/C14H30O/c1-10(13(3,4)5)9-12(15)11(2)14(6,7)8/h10-12,15H,9H2,1-8H3. The van der Waals surface area contributed by atoms with E-state index in [0.717, 1.165) is 6.42 Å². The van der Waals surface area contributed by atoms with Crippen LogP contribution in [0.4, 0.5) is 0 Å². The molecule has 15 heavy (non-hydrogen) atoms. The van der Waals surface area contributed by atoms with Gasteiger partial charge in [0, 0.05) is 0 Å². The van der Waals surface area contributed by atoms with Gasteiger partial charge in [-0.05, 0) is 29.1 Å². The predicted octanol–water partition coefficient (Wildman–Crippen LogP) is 4.10. The summed E-state index contributed by atoms with van der Waals surface area (Å²) in [5, 5.41) is 10.2. The lowest BCUT2D eigenvalue weighted by Gasteiger charge is -2.35. The lowest BCUT2D eigenvalue weighted by atomic mass is 9.72. The molecule has 1 heteroatoms. The summed E-state index contributed by atoms with van der Waals surface area (Å²) in [6.07, 6.45) is 0.723. The number of rotatable bonds is 3. The highest BCUT2D eigenvalue weighted by atomic mass is 16.3. The van der Waals surface area contributed by atoms with Crippen LogP contribution in [0.1, 0.15) is 61.8 Å². The van der Waals surface area contributed by atoms with Gasteiger partial charge >= 0.3 is 0 Å². The lowest BCUT2D eigenvalue weighted by Crippen LogP contribution is -2.33. The summed E-state index contributed by atoms with van der Waals surface area (Å²) >= 11 is 0. The van der Waals surface area contributed by atoms with E-state index in [1.165, 1.54) is 0 Å². The Morgan fingerprint density at radius 2 is 1.27 bits per heavy atom. The first kappa shape index (κ1) is 15.0. The molecule has 0 saturated heterocycles. The maximum Gasteiger partial charge on any atom is 0.0573 e. The highest BCUT2D eigenvalue weighted by molar-refractivity contribution is 4.80. The van der Waals surface area contributed by atoms with Crippen LogP contribution in [0, 0.1) is 22.7 Å². The first-order valence-corrected chi connectivity index (χ1v) is 6.14. The van der Waals surface area contributed by atoms with E-state index in [9.17, 15) is 5.11 Å². The van der Waals surface area contributed by atoms with Gasteiger partial charge in [-0.3, -0.25) is 0 Å². The third kappa shape index (κ3) is 5.01. The van der Waals surface area contributed by atoms with E-state index in [-0.39, 0.29) is 11.5 Å². The summed E-state index contributed by atoms with van der Waals surface area (Å²) in [7, 11) is 0. The predicted molar refractivity (Wildman–Crippen MR) is 67.9 cm³/mol. The van der Waals surface area contributed by atoms with Gasteiger partial charge in [0.2, 0.25) is 0 Å². The molecule has 0 rings (SSSR count). The highest BCUT2D eigenvalue weighted by Crippen LogP contribution is 2.35. The molecule has 0 saturated carbocycles. The molecule has 0 aromatic heterocycles. The molecular formula is C14H30O. The minimum atomic E-state index is -0.181. The summed E-state index contributed by atoms with van der Waals surface area (Å²) < 4.78 is 0. The Morgan fingerprint density at radius 1 is 0.867 bits per heavy atom. The van der Waals surface area contributed by atoms with Crippen molar-refractivity contribution >= 4 is 0 Å². The summed E-state index contributed by atoms with van der Waals surface area (Å²) in [6, 6.07) is 0. The Labute approximate surface area is 96.3 Å². The van der Waals surface area contributed by atoms with E-state index in [1.54, 1.807) is 0 Å². The first-order chi connectivity index (χ1) is 6.46. The zero-order chi connectivity index (χ0) is 12.4. The number of hydrogen-bond acceptors (Lipinski definition) is 1. The van der Waals surface area contributed by atoms with Gasteiger partial charge in [0.15, 0.2) is 0 Å². The Hall–Kier alpha value is -0.0400. The number of aliphatic hydroxyl groups is 1. The smallest absolute Gasteiger partial charge is 0.0573 e. The van der Waals surface area contributed by atoms with Crippen LogP contribution in [0.2, 0.25) is 0 Å². The van der Waals surface area contributed by atoms with Crippen molar-refractivity contribution in [1.82, 2.24) is 0 Å². The van der Waals surface area contributed by atoms with Gasteiger partial charge in [-0.1, -0.05) is 55.4 Å². The van der Waals surface area contributed by atoms with Crippen molar-refractivity contribution in [2.45, 2.75) is 67.9 Å². The molecule has 1 N–H and O–H groups in total. The second-order valence-corrected chi connectivity index (χ2v) is 7.22. The van der Waals surface area contributed by atoms with Crippen LogP contribution in [0.25, 0.3) is 0 Å². The minimum absolute atomic E-state index is 0.181. The van der Waals surface area contributed by atoms with Gasteiger partial charge in [0.25, 0.3) is 0 Å². The van der Waals surface area contributed by atoms with Crippen molar-refractivity contribution in [1.29, 1.82) is 0 Å². The largest absolute Gasteiger partial charge is 0.393 e. The van der Waals surface area contributed by atoms with Gasteiger partial charge in [-0.2, -0.15) is 0 Å². The van der Waals surface area contributed by atoms with Crippen LogP contribution in [-0.2, 0) is 0 Å². The third-order valence-electron chi connectivity index (χ3n) is 4.02. The number of hydrogen-bond donors (Lipinski definition) is 1. The van der Waals surface area contributed by atoms with Crippen molar-refractivity contribution in [2.24, 2.45) is 22.7 Å². The Balaban J connectivity index is 4.32. The molecule has 0 aliphatic rings. The zero-order valence-electron chi connectivity index (χ0n) is 11.9.